The third-order valence-electron chi connectivity index (χ3n) is 2.11. The minimum atomic E-state index is 0.287. The second kappa shape index (κ2) is 5.49. The van der Waals surface area contributed by atoms with Crippen molar-refractivity contribution in [3.63, 3.8) is 0 Å². The molecule has 2 N–H and O–H groups in total. The lowest BCUT2D eigenvalue weighted by Gasteiger charge is -2.07. The van der Waals surface area contributed by atoms with Crippen molar-refractivity contribution in [2.75, 3.05) is 19.0 Å². The molecule has 2 rings (SSSR count). The van der Waals surface area contributed by atoms with Gasteiger partial charge in [-0.15, -0.1) is 0 Å². The number of aromatic nitrogens is 4. The lowest BCUT2D eigenvalue weighted by Crippen LogP contribution is -2.08. The first kappa shape index (κ1) is 11.7. The number of nitrogens with one attached hydrogen (secondary N) is 2. The van der Waals surface area contributed by atoms with Gasteiger partial charge in [0.2, 0.25) is 0 Å². The summed E-state index contributed by atoms with van der Waals surface area (Å²) < 4.78 is 4.92. The van der Waals surface area contributed by atoms with Crippen LogP contribution in [-0.4, -0.2) is 33.6 Å². The molecule has 7 heteroatoms. The van der Waals surface area contributed by atoms with Crippen molar-refractivity contribution in [3.8, 4) is 6.01 Å². The summed E-state index contributed by atoms with van der Waals surface area (Å²) in [5.41, 5.74) is 0. The number of hydrogen-bond donors (Lipinski definition) is 2. The molecule has 0 bridgehead atoms. The van der Waals surface area contributed by atoms with Gasteiger partial charge < -0.3 is 15.0 Å². The molecule has 90 valence electrons. The van der Waals surface area contributed by atoms with Gasteiger partial charge in [-0.05, 0) is 0 Å². The highest BCUT2D eigenvalue weighted by atomic mass is 35.5. The fourth-order valence-electron chi connectivity index (χ4n) is 1.31. The average molecular weight is 254 g/mol. The third kappa shape index (κ3) is 3.07. The van der Waals surface area contributed by atoms with Crippen LogP contribution in [0.25, 0.3) is 0 Å². The standard InChI is InChI=1S/C10H12ClN5O/c1-17-10-15-6-7(11)9(16-10)14-3-2-8-12-4-5-13-8/h4-6H,2-3H2,1H3,(H,12,13)(H,14,15,16). The van der Waals surface area contributed by atoms with E-state index in [-0.39, 0.29) is 6.01 Å². The summed E-state index contributed by atoms with van der Waals surface area (Å²) >= 11 is 5.95. The zero-order valence-electron chi connectivity index (χ0n) is 9.27. The van der Waals surface area contributed by atoms with Crippen LogP contribution < -0.4 is 10.1 Å². The normalized spacial score (nSPS) is 10.2. The van der Waals surface area contributed by atoms with Gasteiger partial charge in [0.05, 0.1) is 13.3 Å². The van der Waals surface area contributed by atoms with Crippen molar-refractivity contribution < 1.29 is 4.74 Å². The van der Waals surface area contributed by atoms with Crippen LogP contribution in [0.5, 0.6) is 6.01 Å². The molecule has 2 aromatic rings. The van der Waals surface area contributed by atoms with Gasteiger partial charge in [-0.25, -0.2) is 9.97 Å². The van der Waals surface area contributed by atoms with E-state index in [2.05, 4.69) is 25.3 Å². The molecule has 0 aliphatic carbocycles. The Bertz CT molecular complexity index is 474. The molecule has 0 aliphatic heterocycles. The number of H-pyrrole nitrogens is 1. The topological polar surface area (TPSA) is 75.7 Å². The molecule has 2 aromatic heterocycles. The third-order valence-corrected chi connectivity index (χ3v) is 2.39. The minimum Gasteiger partial charge on any atom is -0.467 e. The number of nitrogens with zero attached hydrogens (tertiary/aromatic N) is 3. The van der Waals surface area contributed by atoms with Gasteiger partial charge >= 0.3 is 6.01 Å². The smallest absolute Gasteiger partial charge is 0.318 e. The number of imidazole rings is 1. The van der Waals surface area contributed by atoms with Gasteiger partial charge in [-0.3, -0.25) is 0 Å². The number of aromatic amines is 1. The fraction of sp³-hybridized carbons (Fsp3) is 0.300. The first-order chi connectivity index (χ1) is 8.29. The van der Waals surface area contributed by atoms with E-state index in [0.717, 1.165) is 12.2 Å². The molecular weight excluding hydrogens is 242 g/mol. The maximum atomic E-state index is 5.95. The van der Waals surface area contributed by atoms with Gasteiger partial charge in [-0.2, -0.15) is 4.98 Å². The molecule has 2 heterocycles. The molecule has 0 unspecified atom stereocenters. The Morgan fingerprint density at radius 2 is 2.35 bits per heavy atom. The largest absolute Gasteiger partial charge is 0.467 e. The number of rotatable bonds is 5. The van der Waals surface area contributed by atoms with Crippen LogP contribution in [0, 0.1) is 0 Å². The summed E-state index contributed by atoms with van der Waals surface area (Å²) in [4.78, 5) is 15.1. The number of ether oxygens (including phenoxy) is 1. The van der Waals surface area contributed by atoms with Crippen molar-refractivity contribution in [1.82, 2.24) is 19.9 Å². The molecule has 6 nitrogen and oxygen atoms in total. The summed E-state index contributed by atoms with van der Waals surface area (Å²) in [6.07, 6.45) is 5.77. The number of anilines is 1. The fourth-order valence-corrected chi connectivity index (χ4v) is 1.47. The molecule has 0 spiro atoms. The van der Waals surface area contributed by atoms with E-state index in [1.807, 2.05) is 0 Å². The Kier molecular flexibility index (Phi) is 3.77. The highest BCUT2D eigenvalue weighted by Gasteiger charge is 2.05. The van der Waals surface area contributed by atoms with Gasteiger partial charge in [-0.1, -0.05) is 11.6 Å². The lowest BCUT2D eigenvalue weighted by molar-refractivity contribution is 0.380. The van der Waals surface area contributed by atoms with Crippen molar-refractivity contribution >= 4 is 17.4 Å². The maximum Gasteiger partial charge on any atom is 0.318 e. The number of hydrogen-bond acceptors (Lipinski definition) is 5. The Labute approximate surface area is 103 Å². The van der Waals surface area contributed by atoms with E-state index in [9.17, 15) is 0 Å². The van der Waals surface area contributed by atoms with Crippen LogP contribution in [0.4, 0.5) is 5.82 Å². The Balaban J connectivity index is 1.94. The Hall–Kier alpha value is -1.82. The minimum absolute atomic E-state index is 0.287. The molecule has 17 heavy (non-hydrogen) atoms. The molecule has 0 radical (unpaired) electrons. The summed E-state index contributed by atoms with van der Waals surface area (Å²) in [7, 11) is 1.51. The molecule has 0 fully saturated rings. The predicted octanol–water partition coefficient (Wildman–Crippen LogP) is 1.52. The number of halogens is 1. The second-order valence-corrected chi connectivity index (χ2v) is 3.67. The van der Waals surface area contributed by atoms with Crippen LogP contribution in [0.2, 0.25) is 5.02 Å². The van der Waals surface area contributed by atoms with Gasteiger partial charge in [0.1, 0.15) is 10.8 Å². The van der Waals surface area contributed by atoms with Crippen LogP contribution >= 0.6 is 11.6 Å². The molecule has 0 saturated heterocycles. The van der Waals surface area contributed by atoms with E-state index < -0.39 is 0 Å². The lowest BCUT2D eigenvalue weighted by atomic mass is 10.4. The monoisotopic (exact) mass is 253 g/mol. The van der Waals surface area contributed by atoms with Gasteiger partial charge in [0.15, 0.2) is 5.82 Å². The van der Waals surface area contributed by atoms with E-state index in [0.29, 0.717) is 17.4 Å². The van der Waals surface area contributed by atoms with E-state index in [4.69, 9.17) is 16.3 Å². The Morgan fingerprint density at radius 1 is 1.47 bits per heavy atom. The summed E-state index contributed by atoms with van der Waals surface area (Å²) in [5, 5.41) is 3.57. The SMILES string of the molecule is COc1ncc(Cl)c(NCCc2ncc[nH]2)n1. The summed E-state index contributed by atoms with van der Waals surface area (Å²) in [6, 6.07) is 0.287. The predicted molar refractivity (Wildman–Crippen MR) is 64.4 cm³/mol. The average Bonchev–Trinajstić information content (AvgIpc) is 2.84. The molecule has 0 saturated carbocycles. The molecular formula is C10H12ClN5O. The zero-order chi connectivity index (χ0) is 12.1. The highest BCUT2D eigenvalue weighted by molar-refractivity contribution is 6.32. The van der Waals surface area contributed by atoms with Crippen LogP contribution in [0.1, 0.15) is 5.82 Å². The zero-order valence-corrected chi connectivity index (χ0v) is 10.0. The van der Waals surface area contributed by atoms with E-state index in [1.165, 1.54) is 13.3 Å². The molecule has 0 atom stereocenters. The van der Waals surface area contributed by atoms with Crippen molar-refractivity contribution in [2.45, 2.75) is 6.42 Å². The summed E-state index contributed by atoms with van der Waals surface area (Å²) in [6.45, 7) is 0.674. The molecule has 0 amide bonds. The van der Waals surface area contributed by atoms with Crippen LogP contribution in [-0.2, 0) is 6.42 Å². The summed E-state index contributed by atoms with van der Waals surface area (Å²) in [5.74, 6) is 1.47. The van der Waals surface area contributed by atoms with E-state index >= 15 is 0 Å². The van der Waals surface area contributed by atoms with Gasteiger partial charge in [0.25, 0.3) is 0 Å². The maximum absolute atomic E-state index is 5.95. The van der Waals surface area contributed by atoms with Crippen molar-refractivity contribution in [2.24, 2.45) is 0 Å². The molecule has 0 aliphatic rings. The first-order valence-corrected chi connectivity index (χ1v) is 5.46. The van der Waals surface area contributed by atoms with Crippen molar-refractivity contribution in [3.05, 3.63) is 29.4 Å². The second-order valence-electron chi connectivity index (χ2n) is 3.27. The van der Waals surface area contributed by atoms with E-state index in [1.54, 1.807) is 12.4 Å². The van der Waals surface area contributed by atoms with Crippen LogP contribution in [0.15, 0.2) is 18.6 Å². The van der Waals surface area contributed by atoms with Crippen molar-refractivity contribution in [1.29, 1.82) is 0 Å². The first-order valence-electron chi connectivity index (χ1n) is 5.08. The molecule has 0 aromatic carbocycles. The van der Waals surface area contributed by atoms with Crippen LogP contribution in [0.3, 0.4) is 0 Å². The quantitative estimate of drug-likeness (QED) is 0.845. The highest BCUT2D eigenvalue weighted by Crippen LogP contribution is 2.19. The Morgan fingerprint density at radius 3 is 3.06 bits per heavy atom. The van der Waals surface area contributed by atoms with Gasteiger partial charge in [0, 0.05) is 25.4 Å². The number of methoxy groups -OCH3 is 1.